The van der Waals surface area contributed by atoms with Gasteiger partial charge in [0.15, 0.2) is 11.5 Å². The van der Waals surface area contributed by atoms with Gasteiger partial charge in [-0.3, -0.25) is 4.79 Å². The second kappa shape index (κ2) is 8.41. The van der Waals surface area contributed by atoms with Crippen molar-refractivity contribution in [2.75, 3.05) is 20.3 Å². The number of rotatable bonds is 9. The molecule has 0 unspecified atom stereocenters. The van der Waals surface area contributed by atoms with E-state index >= 15 is 0 Å². The molecule has 1 saturated carbocycles. The molecule has 1 aliphatic rings. The molecule has 0 radical (unpaired) electrons. The van der Waals surface area contributed by atoms with Gasteiger partial charge in [-0.25, -0.2) is 0 Å². The summed E-state index contributed by atoms with van der Waals surface area (Å²) in [5.41, 5.74) is 0.948. The van der Waals surface area contributed by atoms with Crippen LogP contribution in [0.4, 0.5) is 0 Å². The minimum absolute atomic E-state index is 0.0360. The summed E-state index contributed by atoms with van der Waals surface area (Å²) in [5.74, 6) is 1.69. The molecule has 4 heteroatoms. The van der Waals surface area contributed by atoms with Gasteiger partial charge in [0.1, 0.15) is 0 Å². The molecule has 4 nitrogen and oxygen atoms in total. The maximum atomic E-state index is 12.5. The topological polar surface area (TPSA) is 47.6 Å². The SMILES string of the molecule is CCCC1(CNC(=O)c2ccc(OCC(C)C)c(OC)c2)CCC1. The summed E-state index contributed by atoms with van der Waals surface area (Å²) in [7, 11) is 1.60. The lowest BCUT2D eigenvalue weighted by atomic mass is 9.66. The van der Waals surface area contributed by atoms with Crippen LogP contribution in [0.5, 0.6) is 11.5 Å². The third-order valence-electron chi connectivity index (χ3n) is 4.82. The van der Waals surface area contributed by atoms with Gasteiger partial charge < -0.3 is 14.8 Å². The second-order valence-electron chi connectivity index (χ2n) is 7.36. The third-order valence-corrected chi connectivity index (χ3v) is 4.82. The van der Waals surface area contributed by atoms with Gasteiger partial charge in [-0.2, -0.15) is 0 Å². The van der Waals surface area contributed by atoms with Crippen molar-refractivity contribution < 1.29 is 14.3 Å². The van der Waals surface area contributed by atoms with Crippen LogP contribution in [0, 0.1) is 11.3 Å². The van der Waals surface area contributed by atoms with E-state index in [1.54, 1.807) is 19.2 Å². The van der Waals surface area contributed by atoms with Crippen LogP contribution in [0.1, 0.15) is 63.2 Å². The van der Waals surface area contributed by atoms with Crippen LogP contribution in [-0.4, -0.2) is 26.2 Å². The zero-order valence-electron chi connectivity index (χ0n) is 15.5. The summed E-state index contributed by atoms with van der Waals surface area (Å²) in [5, 5.41) is 3.11. The zero-order valence-corrected chi connectivity index (χ0v) is 15.5. The minimum Gasteiger partial charge on any atom is -0.493 e. The van der Waals surface area contributed by atoms with E-state index in [1.807, 2.05) is 6.07 Å². The Morgan fingerprint density at radius 3 is 2.58 bits per heavy atom. The van der Waals surface area contributed by atoms with E-state index in [1.165, 1.54) is 32.1 Å². The molecule has 0 spiro atoms. The fourth-order valence-corrected chi connectivity index (χ4v) is 3.28. The third kappa shape index (κ3) is 4.65. The Morgan fingerprint density at radius 1 is 1.29 bits per heavy atom. The van der Waals surface area contributed by atoms with Crippen molar-refractivity contribution in [2.45, 2.75) is 52.9 Å². The smallest absolute Gasteiger partial charge is 0.251 e. The largest absolute Gasteiger partial charge is 0.493 e. The first-order valence-electron chi connectivity index (χ1n) is 9.09. The summed E-state index contributed by atoms with van der Waals surface area (Å²) >= 11 is 0. The lowest BCUT2D eigenvalue weighted by Gasteiger charge is -2.42. The number of hydrogen-bond donors (Lipinski definition) is 1. The normalized spacial score (nSPS) is 15.7. The van der Waals surface area contributed by atoms with E-state index < -0.39 is 0 Å². The molecule has 0 bridgehead atoms. The van der Waals surface area contributed by atoms with Gasteiger partial charge in [0.2, 0.25) is 0 Å². The first-order chi connectivity index (χ1) is 11.5. The molecule has 1 aromatic rings. The average Bonchev–Trinajstić information content (AvgIpc) is 2.54. The lowest BCUT2D eigenvalue weighted by molar-refractivity contribution is 0.0832. The summed E-state index contributed by atoms with van der Waals surface area (Å²) in [4.78, 5) is 12.5. The number of ether oxygens (including phenoxy) is 2. The summed E-state index contributed by atoms with van der Waals surface area (Å²) < 4.78 is 11.1. The van der Waals surface area contributed by atoms with Gasteiger partial charge >= 0.3 is 0 Å². The number of benzene rings is 1. The van der Waals surface area contributed by atoms with Crippen molar-refractivity contribution in [3.63, 3.8) is 0 Å². The Balaban J connectivity index is 1.98. The number of amides is 1. The van der Waals surface area contributed by atoms with Crippen molar-refractivity contribution in [3.8, 4) is 11.5 Å². The summed E-state index contributed by atoms with van der Waals surface area (Å²) in [6, 6.07) is 5.39. The molecule has 2 rings (SSSR count). The summed E-state index contributed by atoms with van der Waals surface area (Å²) in [6.45, 7) is 7.80. The van der Waals surface area contributed by atoms with Gasteiger partial charge in [0, 0.05) is 12.1 Å². The van der Waals surface area contributed by atoms with Crippen LogP contribution in [0.3, 0.4) is 0 Å². The molecule has 0 atom stereocenters. The Hall–Kier alpha value is -1.71. The molecule has 0 aliphatic heterocycles. The Labute approximate surface area is 145 Å². The van der Waals surface area contributed by atoms with Crippen molar-refractivity contribution >= 4 is 5.91 Å². The molecule has 1 amide bonds. The number of nitrogens with one attached hydrogen (secondary N) is 1. The number of methoxy groups -OCH3 is 1. The molecular weight excluding hydrogens is 302 g/mol. The van der Waals surface area contributed by atoms with Crippen molar-refractivity contribution in [1.82, 2.24) is 5.32 Å². The Bertz CT molecular complexity index is 550. The van der Waals surface area contributed by atoms with Gasteiger partial charge in [0.05, 0.1) is 13.7 Å². The fraction of sp³-hybridized carbons (Fsp3) is 0.650. The average molecular weight is 333 g/mol. The van der Waals surface area contributed by atoms with E-state index in [0.717, 1.165) is 6.54 Å². The Kier molecular flexibility index (Phi) is 6.52. The predicted molar refractivity (Wildman–Crippen MR) is 96.9 cm³/mol. The fourth-order valence-electron chi connectivity index (χ4n) is 3.28. The predicted octanol–water partition coefficient (Wildman–Crippen LogP) is 4.43. The second-order valence-corrected chi connectivity index (χ2v) is 7.36. The highest BCUT2D eigenvalue weighted by molar-refractivity contribution is 5.94. The maximum absolute atomic E-state index is 12.5. The molecule has 1 aromatic carbocycles. The highest BCUT2D eigenvalue weighted by Crippen LogP contribution is 2.44. The number of hydrogen-bond acceptors (Lipinski definition) is 3. The van der Waals surface area contributed by atoms with Crippen LogP contribution < -0.4 is 14.8 Å². The van der Waals surface area contributed by atoms with Crippen LogP contribution in [-0.2, 0) is 0 Å². The maximum Gasteiger partial charge on any atom is 0.251 e. The molecule has 0 saturated heterocycles. The molecule has 0 heterocycles. The standard InChI is InChI=1S/C20H31NO3/c1-5-9-20(10-6-11-20)14-21-19(22)16-7-8-17(18(12-16)23-4)24-13-15(2)3/h7-8,12,15H,5-6,9-11,13-14H2,1-4H3,(H,21,22). The molecule has 1 fully saturated rings. The number of carbonyl (C=O) groups excluding carboxylic acids is 1. The Morgan fingerprint density at radius 2 is 2.04 bits per heavy atom. The van der Waals surface area contributed by atoms with Gasteiger partial charge in [0.25, 0.3) is 5.91 Å². The van der Waals surface area contributed by atoms with E-state index in [0.29, 0.717) is 35.0 Å². The van der Waals surface area contributed by atoms with E-state index in [2.05, 4.69) is 26.1 Å². The zero-order chi connectivity index (χ0) is 17.6. The first-order valence-corrected chi connectivity index (χ1v) is 9.09. The van der Waals surface area contributed by atoms with Crippen LogP contribution in [0.2, 0.25) is 0 Å². The van der Waals surface area contributed by atoms with Crippen molar-refractivity contribution in [2.24, 2.45) is 11.3 Å². The van der Waals surface area contributed by atoms with E-state index in [9.17, 15) is 4.79 Å². The van der Waals surface area contributed by atoms with E-state index in [-0.39, 0.29) is 5.91 Å². The molecule has 1 N–H and O–H groups in total. The highest BCUT2D eigenvalue weighted by Gasteiger charge is 2.36. The monoisotopic (exact) mass is 333 g/mol. The van der Waals surface area contributed by atoms with Crippen LogP contribution in [0.25, 0.3) is 0 Å². The van der Waals surface area contributed by atoms with Crippen molar-refractivity contribution in [3.05, 3.63) is 23.8 Å². The number of carbonyl (C=O) groups is 1. The molecule has 1 aliphatic carbocycles. The van der Waals surface area contributed by atoms with Crippen molar-refractivity contribution in [1.29, 1.82) is 0 Å². The quantitative estimate of drug-likeness (QED) is 0.727. The van der Waals surface area contributed by atoms with Crippen LogP contribution in [0.15, 0.2) is 18.2 Å². The lowest BCUT2D eigenvalue weighted by Crippen LogP contribution is -2.42. The minimum atomic E-state index is -0.0360. The molecule has 0 aromatic heterocycles. The first kappa shape index (κ1) is 18.6. The summed E-state index contributed by atoms with van der Waals surface area (Å²) in [6.07, 6.45) is 6.11. The molecule has 134 valence electrons. The molecular formula is C20H31NO3. The molecule has 24 heavy (non-hydrogen) atoms. The van der Waals surface area contributed by atoms with E-state index in [4.69, 9.17) is 9.47 Å². The van der Waals surface area contributed by atoms with Gasteiger partial charge in [-0.15, -0.1) is 0 Å². The van der Waals surface area contributed by atoms with Gasteiger partial charge in [-0.1, -0.05) is 33.6 Å². The van der Waals surface area contributed by atoms with Gasteiger partial charge in [-0.05, 0) is 48.8 Å². The van der Waals surface area contributed by atoms with Crippen LogP contribution >= 0.6 is 0 Å². The highest BCUT2D eigenvalue weighted by atomic mass is 16.5.